The average molecular weight is 422 g/mol. The van der Waals surface area contributed by atoms with Gasteiger partial charge in [-0.05, 0) is 41.5 Å². The number of aryl methyl sites for hydroxylation is 1. The molecule has 0 aliphatic heterocycles. The van der Waals surface area contributed by atoms with Gasteiger partial charge in [0.2, 0.25) is 17.7 Å². The molecule has 1 N–H and O–H groups in total. The Morgan fingerprint density at radius 1 is 1.00 bits per heavy atom. The number of imidazole rings is 1. The summed E-state index contributed by atoms with van der Waals surface area (Å²) in [4.78, 5) is 13.0. The van der Waals surface area contributed by atoms with Crippen molar-refractivity contribution in [3.63, 3.8) is 0 Å². The Morgan fingerprint density at radius 3 is 2.47 bits per heavy atom. The second kappa shape index (κ2) is 7.56. The van der Waals surface area contributed by atoms with Crippen molar-refractivity contribution in [2.75, 3.05) is 7.11 Å². The van der Waals surface area contributed by atoms with Crippen LogP contribution >= 0.6 is 0 Å². The summed E-state index contributed by atoms with van der Waals surface area (Å²) in [7, 11) is 3.41. The summed E-state index contributed by atoms with van der Waals surface area (Å²) in [6, 6.07) is 16.7. The zero-order valence-corrected chi connectivity index (χ0v) is 17.4. The molecule has 0 amide bonds. The van der Waals surface area contributed by atoms with Crippen molar-refractivity contribution in [2.45, 2.75) is 0 Å². The van der Waals surface area contributed by atoms with Crippen molar-refractivity contribution in [1.82, 2.24) is 19.1 Å². The molecule has 0 unspecified atom stereocenters. The van der Waals surface area contributed by atoms with Crippen molar-refractivity contribution < 1.29 is 9.84 Å². The number of methoxy groups -OCH3 is 1. The van der Waals surface area contributed by atoms with E-state index in [9.17, 15) is 10.4 Å². The summed E-state index contributed by atoms with van der Waals surface area (Å²) < 4.78 is 8.92. The number of aromatic hydroxyl groups is 1. The molecule has 0 fully saturated rings. The van der Waals surface area contributed by atoms with E-state index in [1.54, 1.807) is 37.7 Å². The Balaban J connectivity index is 1.88. The number of pyridine rings is 2. The smallest absolute Gasteiger partial charge is 0.226 e. The first-order chi connectivity index (χ1) is 15.6. The molecule has 0 saturated carbocycles. The van der Waals surface area contributed by atoms with E-state index in [2.05, 4.69) is 21.0 Å². The van der Waals surface area contributed by atoms with Crippen molar-refractivity contribution in [3.05, 3.63) is 72.6 Å². The van der Waals surface area contributed by atoms with Crippen LogP contribution in [0.2, 0.25) is 0 Å². The average Bonchev–Trinajstić information content (AvgIpc) is 3.11. The minimum atomic E-state index is 0.217. The van der Waals surface area contributed by atoms with Crippen LogP contribution in [0.5, 0.6) is 11.6 Å². The number of nitrogens with zero attached hydrogens (tertiary/aromatic N) is 6. The van der Waals surface area contributed by atoms with Crippen molar-refractivity contribution >= 4 is 21.9 Å². The first kappa shape index (κ1) is 19.3. The van der Waals surface area contributed by atoms with E-state index in [4.69, 9.17) is 4.74 Å². The van der Waals surface area contributed by atoms with E-state index >= 15 is 0 Å². The quantitative estimate of drug-likeness (QED) is 0.447. The first-order valence-corrected chi connectivity index (χ1v) is 9.83. The molecule has 3 aromatic heterocycles. The van der Waals surface area contributed by atoms with Crippen LogP contribution in [0.25, 0.3) is 38.8 Å². The lowest BCUT2D eigenvalue weighted by Gasteiger charge is -2.09. The molecule has 0 saturated heterocycles. The Hall–Kier alpha value is -4.64. The molecule has 8 heteroatoms. The van der Waals surface area contributed by atoms with E-state index in [0.717, 1.165) is 38.8 Å². The fourth-order valence-corrected chi connectivity index (χ4v) is 3.88. The largest absolute Gasteiger partial charge is 0.508 e. The number of rotatable bonds is 3. The van der Waals surface area contributed by atoms with E-state index in [1.165, 1.54) is 0 Å². The number of benzene rings is 2. The SMILES string of the molecule is COc1ccc(-n2/c(=N\C#N)n(C)c3cnc4ccc(-c5ccc(O)cc5)cc4c32)cn1. The highest BCUT2D eigenvalue weighted by Gasteiger charge is 2.16. The Morgan fingerprint density at radius 2 is 1.78 bits per heavy atom. The van der Waals surface area contributed by atoms with Gasteiger partial charge in [0.15, 0.2) is 0 Å². The van der Waals surface area contributed by atoms with Crippen LogP contribution in [0, 0.1) is 11.5 Å². The first-order valence-electron chi connectivity index (χ1n) is 9.83. The molecule has 0 aliphatic carbocycles. The zero-order chi connectivity index (χ0) is 22.2. The topological polar surface area (TPSA) is 101 Å². The van der Waals surface area contributed by atoms with Crippen LogP contribution in [0.1, 0.15) is 0 Å². The van der Waals surface area contributed by atoms with Gasteiger partial charge in [-0.2, -0.15) is 5.26 Å². The number of nitriles is 1. The highest BCUT2D eigenvalue weighted by atomic mass is 16.5. The highest BCUT2D eigenvalue weighted by Crippen LogP contribution is 2.30. The highest BCUT2D eigenvalue weighted by molar-refractivity contribution is 6.04. The van der Waals surface area contributed by atoms with Crippen LogP contribution in [0.3, 0.4) is 0 Å². The van der Waals surface area contributed by atoms with Gasteiger partial charge in [0.05, 0.1) is 41.7 Å². The second-order valence-corrected chi connectivity index (χ2v) is 7.24. The van der Waals surface area contributed by atoms with Crippen LogP contribution < -0.4 is 10.4 Å². The molecule has 2 aromatic carbocycles. The van der Waals surface area contributed by atoms with Crippen LogP contribution in [0.4, 0.5) is 0 Å². The monoisotopic (exact) mass is 422 g/mol. The molecular weight excluding hydrogens is 404 g/mol. The number of phenolic OH excluding ortho intramolecular Hbond substituents is 1. The molecule has 0 radical (unpaired) electrons. The molecular formula is C24H18N6O2. The van der Waals surface area contributed by atoms with Gasteiger partial charge in [-0.25, -0.2) is 4.98 Å². The lowest BCUT2D eigenvalue weighted by atomic mass is 10.0. The minimum Gasteiger partial charge on any atom is -0.508 e. The molecule has 0 spiro atoms. The van der Waals surface area contributed by atoms with Gasteiger partial charge in [0, 0.05) is 18.5 Å². The number of phenols is 1. The Labute approximate surface area is 182 Å². The number of hydrogen-bond acceptors (Lipinski definition) is 6. The lowest BCUT2D eigenvalue weighted by molar-refractivity contribution is 0.398. The third kappa shape index (κ3) is 3.04. The van der Waals surface area contributed by atoms with Gasteiger partial charge in [-0.1, -0.05) is 18.2 Å². The molecule has 8 nitrogen and oxygen atoms in total. The molecule has 0 aliphatic rings. The number of hydrogen-bond donors (Lipinski definition) is 1. The summed E-state index contributed by atoms with van der Waals surface area (Å²) in [5.74, 6) is 0.712. The Bertz CT molecular complexity index is 1570. The number of fused-ring (bicyclic) bond motifs is 3. The molecule has 3 heterocycles. The van der Waals surface area contributed by atoms with Gasteiger partial charge in [0.1, 0.15) is 5.75 Å². The van der Waals surface area contributed by atoms with E-state index in [1.807, 2.05) is 52.7 Å². The second-order valence-electron chi connectivity index (χ2n) is 7.24. The van der Waals surface area contributed by atoms with Crippen LogP contribution in [-0.4, -0.2) is 31.3 Å². The maximum Gasteiger partial charge on any atom is 0.226 e. The molecule has 156 valence electrons. The molecule has 5 rings (SSSR count). The summed E-state index contributed by atoms with van der Waals surface area (Å²) in [6.07, 6.45) is 5.37. The van der Waals surface area contributed by atoms with Gasteiger partial charge in [-0.3, -0.25) is 9.55 Å². The van der Waals surface area contributed by atoms with Gasteiger partial charge in [0.25, 0.3) is 0 Å². The predicted octanol–water partition coefficient (Wildman–Crippen LogP) is 3.68. The molecule has 5 aromatic rings. The standard InChI is InChI=1S/C24H18N6O2/c1-29-21-13-26-20-9-5-16(15-3-7-18(31)8-4-15)11-19(20)23(21)30(24(29)28-14-25)17-6-10-22(32-2)27-12-17/h3-13,31H,1-2H3/b28-24-. The minimum absolute atomic E-state index is 0.217. The summed E-state index contributed by atoms with van der Waals surface area (Å²) in [5, 5.41) is 19.9. The lowest BCUT2D eigenvalue weighted by Crippen LogP contribution is -2.22. The van der Waals surface area contributed by atoms with Gasteiger partial charge < -0.3 is 14.4 Å². The normalized spacial score (nSPS) is 11.7. The van der Waals surface area contributed by atoms with E-state index < -0.39 is 0 Å². The third-order valence-electron chi connectivity index (χ3n) is 5.44. The molecule has 32 heavy (non-hydrogen) atoms. The summed E-state index contributed by atoms with van der Waals surface area (Å²) in [6.45, 7) is 0. The van der Waals surface area contributed by atoms with Crippen LogP contribution in [-0.2, 0) is 7.05 Å². The van der Waals surface area contributed by atoms with E-state index in [-0.39, 0.29) is 5.75 Å². The van der Waals surface area contributed by atoms with Gasteiger partial charge >= 0.3 is 0 Å². The number of ether oxygens (including phenoxy) is 1. The summed E-state index contributed by atoms with van der Waals surface area (Å²) in [5.41, 5.74) is 5.64. The van der Waals surface area contributed by atoms with Crippen LogP contribution in [0.15, 0.2) is 72.0 Å². The molecule has 0 atom stereocenters. The maximum absolute atomic E-state index is 9.63. The number of aromatic nitrogens is 4. The fourth-order valence-electron chi connectivity index (χ4n) is 3.88. The molecule has 0 bridgehead atoms. The maximum atomic E-state index is 9.63. The third-order valence-corrected chi connectivity index (χ3v) is 5.44. The zero-order valence-electron chi connectivity index (χ0n) is 17.4. The van der Waals surface area contributed by atoms with Crippen molar-refractivity contribution in [3.8, 4) is 34.6 Å². The van der Waals surface area contributed by atoms with Gasteiger partial charge in [-0.15, -0.1) is 4.99 Å². The Kier molecular flexibility index (Phi) is 4.57. The van der Waals surface area contributed by atoms with E-state index in [0.29, 0.717) is 11.5 Å². The van der Waals surface area contributed by atoms with Crippen molar-refractivity contribution in [2.24, 2.45) is 12.0 Å². The summed E-state index contributed by atoms with van der Waals surface area (Å²) >= 11 is 0. The predicted molar refractivity (Wildman–Crippen MR) is 120 cm³/mol. The fraction of sp³-hybridized carbons (Fsp3) is 0.0833. The van der Waals surface area contributed by atoms with Crippen molar-refractivity contribution in [1.29, 1.82) is 5.26 Å².